The summed E-state index contributed by atoms with van der Waals surface area (Å²) in [6.07, 6.45) is 0. The van der Waals surface area contributed by atoms with Crippen LogP contribution in [-0.2, 0) is 23.9 Å². The van der Waals surface area contributed by atoms with Crippen molar-refractivity contribution in [2.45, 2.75) is 19.9 Å². The lowest BCUT2D eigenvalue weighted by molar-refractivity contribution is -0.158. The fraction of sp³-hybridized carbons (Fsp3) is 0.625. The first kappa shape index (κ1) is 12.6. The standard InChI is InChI=1S/C8H13NO5/c1-3-13-7(11)5(9)6(10)8(12)14-4-2/h5H,3-4,9H2,1-2H3. The summed E-state index contributed by atoms with van der Waals surface area (Å²) in [6, 6.07) is -1.59. The number of rotatable bonds is 5. The lowest BCUT2D eigenvalue weighted by Crippen LogP contribution is -2.44. The van der Waals surface area contributed by atoms with Crippen LogP contribution in [0.3, 0.4) is 0 Å². The van der Waals surface area contributed by atoms with Crippen molar-refractivity contribution in [1.29, 1.82) is 0 Å². The Balaban J connectivity index is 4.24. The van der Waals surface area contributed by atoms with E-state index in [2.05, 4.69) is 9.47 Å². The van der Waals surface area contributed by atoms with Gasteiger partial charge in [-0.15, -0.1) is 0 Å². The zero-order valence-corrected chi connectivity index (χ0v) is 8.11. The van der Waals surface area contributed by atoms with E-state index in [-0.39, 0.29) is 13.2 Å². The molecule has 0 fully saturated rings. The molecule has 0 spiro atoms. The van der Waals surface area contributed by atoms with Gasteiger partial charge in [0.05, 0.1) is 13.2 Å². The van der Waals surface area contributed by atoms with Gasteiger partial charge in [-0.05, 0) is 13.8 Å². The van der Waals surface area contributed by atoms with Gasteiger partial charge in [-0.3, -0.25) is 4.79 Å². The van der Waals surface area contributed by atoms with Crippen molar-refractivity contribution in [3.63, 3.8) is 0 Å². The molecule has 0 aliphatic rings. The molecule has 0 bridgehead atoms. The Morgan fingerprint density at radius 1 is 1.14 bits per heavy atom. The van der Waals surface area contributed by atoms with Crippen LogP contribution in [-0.4, -0.2) is 37.0 Å². The molecule has 0 saturated heterocycles. The van der Waals surface area contributed by atoms with E-state index in [4.69, 9.17) is 5.73 Å². The summed E-state index contributed by atoms with van der Waals surface area (Å²) in [5.41, 5.74) is 5.15. The molecule has 2 N–H and O–H groups in total. The van der Waals surface area contributed by atoms with Gasteiger partial charge in [0.25, 0.3) is 5.78 Å². The van der Waals surface area contributed by atoms with Crippen LogP contribution in [0.15, 0.2) is 0 Å². The van der Waals surface area contributed by atoms with Gasteiger partial charge in [0.2, 0.25) is 0 Å². The van der Waals surface area contributed by atoms with Gasteiger partial charge in [0.15, 0.2) is 6.04 Å². The van der Waals surface area contributed by atoms with Crippen LogP contribution in [0.25, 0.3) is 0 Å². The molecule has 80 valence electrons. The van der Waals surface area contributed by atoms with Crippen molar-refractivity contribution in [2.24, 2.45) is 5.73 Å². The summed E-state index contributed by atoms with van der Waals surface area (Å²) in [5, 5.41) is 0. The van der Waals surface area contributed by atoms with Gasteiger partial charge in [0, 0.05) is 0 Å². The average Bonchev–Trinajstić information content (AvgIpc) is 2.16. The van der Waals surface area contributed by atoms with Crippen LogP contribution >= 0.6 is 0 Å². The molecule has 1 unspecified atom stereocenters. The van der Waals surface area contributed by atoms with E-state index in [1.54, 1.807) is 13.8 Å². The van der Waals surface area contributed by atoms with Gasteiger partial charge in [-0.25, -0.2) is 9.59 Å². The van der Waals surface area contributed by atoms with Gasteiger partial charge < -0.3 is 15.2 Å². The predicted molar refractivity (Wildman–Crippen MR) is 46.2 cm³/mol. The molecule has 0 rings (SSSR count). The number of hydrogen-bond acceptors (Lipinski definition) is 6. The molecule has 6 nitrogen and oxygen atoms in total. The van der Waals surface area contributed by atoms with Crippen LogP contribution in [0.1, 0.15) is 13.8 Å². The summed E-state index contributed by atoms with van der Waals surface area (Å²) in [5.74, 6) is -3.14. The van der Waals surface area contributed by atoms with E-state index < -0.39 is 23.8 Å². The molecule has 0 aromatic carbocycles. The average molecular weight is 203 g/mol. The monoisotopic (exact) mass is 203 g/mol. The molecular formula is C8H13NO5. The fourth-order valence-corrected chi connectivity index (χ4v) is 0.668. The number of ether oxygens (including phenoxy) is 2. The summed E-state index contributed by atoms with van der Waals surface area (Å²) in [4.78, 5) is 32.8. The molecule has 14 heavy (non-hydrogen) atoms. The van der Waals surface area contributed by atoms with Crippen LogP contribution < -0.4 is 5.73 Å². The third-order valence-corrected chi connectivity index (χ3v) is 1.30. The van der Waals surface area contributed by atoms with E-state index in [0.717, 1.165) is 0 Å². The minimum absolute atomic E-state index is 0.0557. The summed E-state index contributed by atoms with van der Waals surface area (Å²) in [7, 11) is 0. The van der Waals surface area contributed by atoms with Crippen LogP contribution in [0.2, 0.25) is 0 Å². The van der Waals surface area contributed by atoms with Crippen molar-refractivity contribution in [1.82, 2.24) is 0 Å². The smallest absolute Gasteiger partial charge is 0.376 e. The van der Waals surface area contributed by atoms with Gasteiger partial charge >= 0.3 is 11.9 Å². The molecule has 1 atom stereocenters. The third-order valence-electron chi connectivity index (χ3n) is 1.30. The summed E-state index contributed by atoms with van der Waals surface area (Å²) >= 11 is 0. The fourth-order valence-electron chi connectivity index (χ4n) is 0.668. The first-order valence-electron chi connectivity index (χ1n) is 4.17. The van der Waals surface area contributed by atoms with Crippen LogP contribution in [0, 0.1) is 0 Å². The Kier molecular flexibility index (Phi) is 5.47. The lowest BCUT2D eigenvalue weighted by Gasteiger charge is -2.07. The number of nitrogens with two attached hydrogens (primary N) is 1. The van der Waals surface area contributed by atoms with Crippen molar-refractivity contribution >= 4 is 17.7 Å². The number of esters is 2. The van der Waals surface area contributed by atoms with E-state index in [1.165, 1.54) is 0 Å². The maximum absolute atomic E-state index is 11.0. The first-order chi connectivity index (χ1) is 6.54. The molecular weight excluding hydrogens is 190 g/mol. The highest BCUT2D eigenvalue weighted by atomic mass is 16.5. The number of Topliss-reactive ketones (excluding diaryl/α,β-unsaturated/α-hetero) is 1. The predicted octanol–water partition coefficient (Wildman–Crippen LogP) is -0.991. The maximum atomic E-state index is 11.0. The highest BCUT2D eigenvalue weighted by Gasteiger charge is 2.30. The minimum Gasteiger partial charge on any atom is -0.464 e. The zero-order valence-electron chi connectivity index (χ0n) is 8.11. The molecule has 0 aliphatic heterocycles. The van der Waals surface area contributed by atoms with Crippen molar-refractivity contribution in [2.75, 3.05) is 13.2 Å². The van der Waals surface area contributed by atoms with Crippen LogP contribution in [0.4, 0.5) is 0 Å². The maximum Gasteiger partial charge on any atom is 0.376 e. The number of ketones is 1. The van der Waals surface area contributed by atoms with Gasteiger partial charge in [0.1, 0.15) is 0 Å². The van der Waals surface area contributed by atoms with E-state index in [0.29, 0.717) is 0 Å². The van der Waals surface area contributed by atoms with E-state index in [9.17, 15) is 14.4 Å². The number of carbonyl (C=O) groups is 3. The second-order valence-corrected chi connectivity index (χ2v) is 2.31. The number of hydrogen-bond donors (Lipinski definition) is 1. The van der Waals surface area contributed by atoms with Gasteiger partial charge in [-0.1, -0.05) is 0 Å². The minimum atomic E-state index is -1.59. The summed E-state index contributed by atoms with van der Waals surface area (Å²) in [6.45, 7) is 3.27. The Labute approximate surface area is 81.3 Å². The van der Waals surface area contributed by atoms with E-state index >= 15 is 0 Å². The second kappa shape index (κ2) is 6.09. The quantitative estimate of drug-likeness (QED) is 0.350. The van der Waals surface area contributed by atoms with Crippen molar-refractivity contribution in [3.8, 4) is 0 Å². The largest absolute Gasteiger partial charge is 0.464 e. The highest BCUT2D eigenvalue weighted by molar-refractivity contribution is 6.39. The molecule has 0 aliphatic carbocycles. The van der Waals surface area contributed by atoms with Crippen molar-refractivity contribution in [3.05, 3.63) is 0 Å². The molecule has 0 radical (unpaired) electrons. The third kappa shape index (κ3) is 3.53. The Bertz CT molecular complexity index is 238. The zero-order chi connectivity index (χ0) is 11.1. The Morgan fingerprint density at radius 2 is 1.64 bits per heavy atom. The normalized spacial score (nSPS) is 11.6. The Hall–Kier alpha value is -1.43. The Morgan fingerprint density at radius 3 is 2.07 bits per heavy atom. The topological polar surface area (TPSA) is 95.7 Å². The van der Waals surface area contributed by atoms with Gasteiger partial charge in [-0.2, -0.15) is 0 Å². The lowest BCUT2D eigenvalue weighted by atomic mass is 10.2. The summed E-state index contributed by atoms with van der Waals surface area (Å²) < 4.78 is 8.84. The molecule has 0 saturated carbocycles. The first-order valence-corrected chi connectivity index (χ1v) is 4.17. The van der Waals surface area contributed by atoms with Crippen LogP contribution in [0.5, 0.6) is 0 Å². The molecule has 0 aromatic heterocycles. The molecule has 6 heteroatoms. The SMILES string of the molecule is CCOC(=O)C(=O)C(N)C(=O)OCC. The van der Waals surface area contributed by atoms with Crippen molar-refractivity contribution < 1.29 is 23.9 Å². The molecule has 0 heterocycles. The highest BCUT2D eigenvalue weighted by Crippen LogP contribution is 1.91. The number of carbonyl (C=O) groups excluding carboxylic acids is 3. The van der Waals surface area contributed by atoms with E-state index in [1.807, 2.05) is 0 Å². The molecule has 0 amide bonds. The molecule has 0 aromatic rings. The second-order valence-electron chi connectivity index (χ2n) is 2.31.